The highest BCUT2D eigenvalue weighted by molar-refractivity contribution is 5.92. The van der Waals surface area contributed by atoms with E-state index in [0.717, 1.165) is 6.07 Å². The molecular formula is C13H19N3O4. The molecule has 0 saturated carbocycles. The van der Waals surface area contributed by atoms with Gasteiger partial charge in [-0.1, -0.05) is 0 Å². The second-order valence-electron chi connectivity index (χ2n) is 5.43. The van der Waals surface area contributed by atoms with Crippen molar-refractivity contribution in [3.63, 3.8) is 0 Å². The number of nitro groups is 1. The number of carbonyl (C=O) groups excluding carboxylic acids is 1. The van der Waals surface area contributed by atoms with Crippen molar-refractivity contribution in [1.29, 1.82) is 0 Å². The first kappa shape index (κ1) is 15.9. The Morgan fingerprint density at radius 2 is 2.05 bits per heavy atom. The van der Waals surface area contributed by atoms with Crippen molar-refractivity contribution in [2.24, 2.45) is 0 Å². The summed E-state index contributed by atoms with van der Waals surface area (Å²) >= 11 is 0. The van der Waals surface area contributed by atoms with Crippen LogP contribution in [0.4, 0.5) is 11.4 Å². The topological polar surface area (TPSA) is 104 Å². The van der Waals surface area contributed by atoms with Gasteiger partial charge >= 0.3 is 0 Å². The number of amides is 1. The smallest absolute Gasteiger partial charge is 0.271 e. The molecule has 0 bridgehead atoms. The molecule has 3 N–H and O–H groups in total. The zero-order valence-electron chi connectivity index (χ0n) is 11.8. The van der Waals surface area contributed by atoms with E-state index >= 15 is 0 Å². The summed E-state index contributed by atoms with van der Waals surface area (Å²) in [5.74, 6) is -0.523. The Kier molecular flexibility index (Phi) is 5.04. The van der Waals surface area contributed by atoms with Crippen molar-refractivity contribution in [2.75, 3.05) is 11.9 Å². The number of hydrogen-bond donors (Lipinski definition) is 3. The van der Waals surface area contributed by atoms with E-state index in [1.54, 1.807) is 0 Å². The van der Waals surface area contributed by atoms with Crippen LogP contribution in [0.2, 0.25) is 0 Å². The Bertz CT molecular complexity index is 509. The van der Waals surface area contributed by atoms with Gasteiger partial charge in [-0.15, -0.1) is 0 Å². The summed E-state index contributed by atoms with van der Waals surface area (Å²) in [4.78, 5) is 21.7. The van der Waals surface area contributed by atoms with E-state index < -0.39 is 4.92 Å². The minimum Gasteiger partial charge on any atom is -0.506 e. The Morgan fingerprint density at radius 1 is 1.40 bits per heavy atom. The van der Waals surface area contributed by atoms with Gasteiger partial charge in [0.25, 0.3) is 5.69 Å². The number of anilines is 1. The number of rotatable bonds is 5. The molecule has 0 aliphatic rings. The van der Waals surface area contributed by atoms with Crippen LogP contribution in [-0.4, -0.2) is 28.0 Å². The molecule has 0 heterocycles. The van der Waals surface area contributed by atoms with Gasteiger partial charge < -0.3 is 15.7 Å². The minimum atomic E-state index is -0.587. The fourth-order valence-corrected chi connectivity index (χ4v) is 1.50. The second kappa shape index (κ2) is 6.33. The molecule has 0 aromatic heterocycles. The van der Waals surface area contributed by atoms with E-state index in [4.69, 9.17) is 0 Å². The summed E-state index contributed by atoms with van der Waals surface area (Å²) in [7, 11) is 0. The highest BCUT2D eigenvalue weighted by Crippen LogP contribution is 2.27. The maximum absolute atomic E-state index is 11.7. The van der Waals surface area contributed by atoms with Gasteiger partial charge in [0.2, 0.25) is 5.91 Å². The number of nitrogens with one attached hydrogen (secondary N) is 2. The molecule has 0 saturated heterocycles. The monoisotopic (exact) mass is 281 g/mol. The molecule has 7 heteroatoms. The lowest BCUT2D eigenvalue weighted by Crippen LogP contribution is -2.37. The fraction of sp³-hybridized carbons (Fsp3) is 0.462. The fourth-order valence-electron chi connectivity index (χ4n) is 1.50. The van der Waals surface area contributed by atoms with Gasteiger partial charge in [-0.2, -0.15) is 0 Å². The number of hydrogen-bond acceptors (Lipinski definition) is 5. The predicted octanol–water partition coefficient (Wildman–Crippen LogP) is 2.02. The van der Waals surface area contributed by atoms with E-state index in [-0.39, 0.29) is 35.0 Å². The molecule has 0 spiro atoms. The molecule has 7 nitrogen and oxygen atoms in total. The van der Waals surface area contributed by atoms with Gasteiger partial charge in [-0.3, -0.25) is 14.9 Å². The van der Waals surface area contributed by atoms with Crippen LogP contribution in [0.3, 0.4) is 0 Å². The molecule has 20 heavy (non-hydrogen) atoms. The highest BCUT2D eigenvalue weighted by Gasteiger charge is 2.13. The maximum atomic E-state index is 11.7. The van der Waals surface area contributed by atoms with Crippen LogP contribution in [0.25, 0.3) is 0 Å². The van der Waals surface area contributed by atoms with Gasteiger partial charge in [-0.25, -0.2) is 0 Å². The van der Waals surface area contributed by atoms with Crippen LogP contribution in [0.15, 0.2) is 18.2 Å². The third-order valence-corrected chi connectivity index (χ3v) is 2.47. The van der Waals surface area contributed by atoms with E-state index in [1.807, 2.05) is 20.8 Å². The molecule has 0 aliphatic heterocycles. The Labute approximate surface area is 117 Å². The van der Waals surface area contributed by atoms with E-state index in [2.05, 4.69) is 10.6 Å². The van der Waals surface area contributed by atoms with Crippen LogP contribution in [-0.2, 0) is 4.79 Å². The number of nitro benzene ring substituents is 1. The number of non-ortho nitro benzene ring substituents is 1. The standard InChI is InChI=1S/C13H19N3O4/c1-13(2,3)14-7-6-12(18)15-10-8-9(16(19)20)4-5-11(10)17/h4-5,8,14,17H,6-7H2,1-3H3,(H,15,18). The van der Waals surface area contributed by atoms with Gasteiger partial charge in [0, 0.05) is 30.6 Å². The van der Waals surface area contributed by atoms with Gasteiger partial charge in [-0.05, 0) is 26.8 Å². The van der Waals surface area contributed by atoms with Crippen LogP contribution < -0.4 is 10.6 Å². The normalized spacial score (nSPS) is 11.2. The number of carbonyl (C=O) groups is 1. The zero-order chi connectivity index (χ0) is 15.3. The van der Waals surface area contributed by atoms with Crippen molar-refractivity contribution >= 4 is 17.3 Å². The molecule has 0 radical (unpaired) electrons. The van der Waals surface area contributed by atoms with Crippen LogP contribution in [0, 0.1) is 10.1 Å². The SMILES string of the molecule is CC(C)(C)NCCC(=O)Nc1cc([N+](=O)[O-])ccc1O. The first-order chi connectivity index (χ1) is 9.19. The third-order valence-electron chi connectivity index (χ3n) is 2.47. The van der Waals surface area contributed by atoms with Crippen LogP contribution >= 0.6 is 0 Å². The summed E-state index contributed by atoms with van der Waals surface area (Å²) in [5, 5.41) is 25.8. The summed E-state index contributed by atoms with van der Waals surface area (Å²) in [6, 6.07) is 3.48. The third kappa shape index (κ3) is 5.23. The van der Waals surface area contributed by atoms with Crippen LogP contribution in [0.1, 0.15) is 27.2 Å². The number of phenolic OH excluding ortho intramolecular Hbond substituents is 1. The van der Waals surface area contributed by atoms with Crippen molar-refractivity contribution in [1.82, 2.24) is 5.32 Å². The first-order valence-corrected chi connectivity index (χ1v) is 6.21. The number of aromatic hydroxyl groups is 1. The number of phenols is 1. The van der Waals surface area contributed by atoms with Gasteiger partial charge in [0.15, 0.2) is 0 Å². The molecule has 1 rings (SSSR count). The predicted molar refractivity (Wildman–Crippen MR) is 75.8 cm³/mol. The lowest BCUT2D eigenvalue weighted by atomic mass is 10.1. The molecule has 1 aromatic carbocycles. The highest BCUT2D eigenvalue weighted by atomic mass is 16.6. The Balaban J connectivity index is 2.62. The zero-order valence-corrected chi connectivity index (χ0v) is 11.8. The molecule has 0 atom stereocenters. The largest absolute Gasteiger partial charge is 0.506 e. The average molecular weight is 281 g/mol. The minimum absolute atomic E-state index is 0.0416. The van der Waals surface area contributed by atoms with Crippen molar-refractivity contribution in [3.8, 4) is 5.75 Å². The summed E-state index contributed by atoms with van der Waals surface area (Å²) < 4.78 is 0. The second-order valence-corrected chi connectivity index (χ2v) is 5.43. The molecule has 0 aliphatic carbocycles. The molecule has 0 unspecified atom stereocenters. The van der Waals surface area contributed by atoms with Crippen molar-refractivity contribution < 1.29 is 14.8 Å². The molecular weight excluding hydrogens is 262 g/mol. The van der Waals surface area contributed by atoms with Crippen LogP contribution in [0.5, 0.6) is 5.75 Å². The molecule has 1 amide bonds. The first-order valence-electron chi connectivity index (χ1n) is 6.21. The Hall–Kier alpha value is -2.15. The average Bonchev–Trinajstić information content (AvgIpc) is 2.30. The number of nitrogens with zero attached hydrogens (tertiary/aromatic N) is 1. The quantitative estimate of drug-likeness (QED) is 0.435. The summed E-state index contributed by atoms with van der Waals surface area (Å²) in [6.07, 6.45) is 0.208. The summed E-state index contributed by atoms with van der Waals surface area (Å²) in [5.41, 5.74) is -0.237. The number of benzene rings is 1. The maximum Gasteiger partial charge on any atom is 0.271 e. The van der Waals surface area contributed by atoms with E-state index in [0.29, 0.717) is 6.54 Å². The molecule has 110 valence electrons. The van der Waals surface area contributed by atoms with Crippen molar-refractivity contribution in [2.45, 2.75) is 32.7 Å². The van der Waals surface area contributed by atoms with Gasteiger partial charge in [0.1, 0.15) is 5.75 Å². The van der Waals surface area contributed by atoms with E-state index in [1.165, 1.54) is 12.1 Å². The van der Waals surface area contributed by atoms with Crippen molar-refractivity contribution in [3.05, 3.63) is 28.3 Å². The molecule has 1 aromatic rings. The van der Waals surface area contributed by atoms with E-state index in [9.17, 15) is 20.0 Å². The lowest BCUT2D eigenvalue weighted by Gasteiger charge is -2.20. The molecule has 0 fully saturated rings. The summed E-state index contributed by atoms with van der Waals surface area (Å²) in [6.45, 7) is 6.43. The lowest BCUT2D eigenvalue weighted by molar-refractivity contribution is -0.384. The van der Waals surface area contributed by atoms with Gasteiger partial charge in [0.05, 0.1) is 10.6 Å². The Morgan fingerprint density at radius 3 is 2.60 bits per heavy atom.